The van der Waals surface area contributed by atoms with Crippen molar-refractivity contribution in [2.45, 2.75) is 32.2 Å². The van der Waals surface area contributed by atoms with Crippen molar-refractivity contribution in [3.8, 4) is 0 Å². The van der Waals surface area contributed by atoms with Crippen LogP contribution >= 0.6 is 31.9 Å². The van der Waals surface area contributed by atoms with E-state index in [-0.39, 0.29) is 0 Å². The number of benzene rings is 1. The summed E-state index contributed by atoms with van der Waals surface area (Å²) < 4.78 is 2.29. The van der Waals surface area contributed by atoms with E-state index < -0.39 is 0 Å². The van der Waals surface area contributed by atoms with E-state index in [4.69, 9.17) is 0 Å². The van der Waals surface area contributed by atoms with Gasteiger partial charge in [0, 0.05) is 15.0 Å². The van der Waals surface area contributed by atoms with Gasteiger partial charge in [-0.3, -0.25) is 0 Å². The first-order valence-electron chi connectivity index (χ1n) is 6.47. The monoisotopic (exact) mass is 374 g/mol. The van der Waals surface area contributed by atoms with Crippen molar-refractivity contribution in [3.63, 3.8) is 0 Å². The Kier molecular flexibility index (Phi) is 5.10. The highest BCUT2D eigenvalue weighted by molar-refractivity contribution is 9.11. The van der Waals surface area contributed by atoms with Gasteiger partial charge in [-0.25, -0.2) is 0 Å². The number of aryl methyl sites for hydroxylation is 1. The maximum atomic E-state index is 3.68. The quantitative estimate of drug-likeness (QED) is 0.823. The number of halogens is 2. The van der Waals surface area contributed by atoms with Gasteiger partial charge in [-0.05, 0) is 95.9 Å². The van der Waals surface area contributed by atoms with Crippen LogP contribution in [0.2, 0.25) is 0 Å². The number of rotatable bonds is 2. The zero-order valence-electron chi connectivity index (χ0n) is 11.0. The number of nitrogens with zero attached hydrogens (tertiary/aromatic N) is 1. The highest BCUT2D eigenvalue weighted by atomic mass is 79.9. The van der Waals surface area contributed by atoms with E-state index in [2.05, 4.69) is 68.2 Å². The molecule has 1 unspecified atom stereocenters. The highest BCUT2D eigenvalue weighted by Crippen LogP contribution is 2.33. The molecule has 4 heteroatoms. The second-order valence-corrected chi connectivity index (χ2v) is 6.89. The van der Waals surface area contributed by atoms with Crippen molar-refractivity contribution < 1.29 is 0 Å². The van der Waals surface area contributed by atoms with Gasteiger partial charge in [-0.2, -0.15) is 0 Å². The molecular weight excluding hydrogens is 356 g/mol. The zero-order chi connectivity index (χ0) is 13.1. The maximum absolute atomic E-state index is 3.68. The maximum Gasteiger partial charge on any atom is 0.0631 e. The van der Waals surface area contributed by atoms with Crippen LogP contribution in [0.3, 0.4) is 0 Å². The Bertz CT molecular complexity index is 397. The average molecular weight is 376 g/mol. The zero-order valence-corrected chi connectivity index (χ0v) is 14.1. The van der Waals surface area contributed by atoms with Crippen LogP contribution < -0.4 is 5.32 Å². The van der Waals surface area contributed by atoms with Gasteiger partial charge in [0.05, 0.1) is 5.69 Å². The van der Waals surface area contributed by atoms with Gasteiger partial charge in [0.25, 0.3) is 0 Å². The predicted octanol–water partition coefficient (Wildman–Crippen LogP) is 4.42. The van der Waals surface area contributed by atoms with Gasteiger partial charge in [0.15, 0.2) is 0 Å². The Morgan fingerprint density at radius 1 is 1.17 bits per heavy atom. The number of likely N-dealkylation sites (tertiary alicyclic amines) is 1. The Balaban J connectivity index is 2.09. The van der Waals surface area contributed by atoms with Crippen LogP contribution in [0.25, 0.3) is 0 Å². The molecular formula is C14H20Br2N2. The second-order valence-electron chi connectivity index (χ2n) is 5.18. The smallest absolute Gasteiger partial charge is 0.0631 e. The molecule has 1 aliphatic rings. The van der Waals surface area contributed by atoms with Crippen LogP contribution in [-0.4, -0.2) is 31.1 Å². The first kappa shape index (κ1) is 14.4. The fourth-order valence-corrected chi connectivity index (χ4v) is 4.07. The summed E-state index contributed by atoms with van der Waals surface area (Å²) in [5, 5.41) is 3.68. The number of hydrogen-bond acceptors (Lipinski definition) is 2. The average Bonchev–Trinajstić information content (AvgIpc) is 2.48. The van der Waals surface area contributed by atoms with Gasteiger partial charge in [-0.1, -0.05) is 0 Å². The van der Waals surface area contributed by atoms with Crippen LogP contribution in [0.4, 0.5) is 5.69 Å². The normalized spacial score (nSPS) is 21.7. The first-order chi connectivity index (χ1) is 8.56. The summed E-state index contributed by atoms with van der Waals surface area (Å²) in [5.41, 5.74) is 2.45. The van der Waals surface area contributed by atoms with Crippen molar-refractivity contribution in [2.24, 2.45) is 0 Å². The Hall–Kier alpha value is -0.0600. The standard InChI is InChI=1S/C14H20Br2N2/c1-10-8-12(15)14(13(16)9-10)17-11-4-3-6-18(2)7-5-11/h8-9,11,17H,3-7H2,1-2H3. The van der Waals surface area contributed by atoms with E-state index in [9.17, 15) is 0 Å². The van der Waals surface area contributed by atoms with Crippen molar-refractivity contribution in [3.05, 3.63) is 26.6 Å². The molecule has 0 aromatic heterocycles. The van der Waals surface area contributed by atoms with Crippen LogP contribution in [-0.2, 0) is 0 Å². The summed E-state index contributed by atoms with van der Waals surface area (Å²) >= 11 is 7.31. The predicted molar refractivity (Wildman–Crippen MR) is 85.3 cm³/mol. The molecule has 2 nitrogen and oxygen atoms in total. The lowest BCUT2D eigenvalue weighted by molar-refractivity contribution is 0.348. The lowest BCUT2D eigenvalue weighted by atomic mass is 10.1. The molecule has 18 heavy (non-hydrogen) atoms. The molecule has 1 aromatic carbocycles. The minimum atomic E-state index is 0.574. The van der Waals surface area contributed by atoms with E-state index in [1.165, 1.54) is 43.6 Å². The third-order valence-electron chi connectivity index (χ3n) is 3.49. The van der Waals surface area contributed by atoms with Gasteiger partial charge >= 0.3 is 0 Å². The molecule has 1 heterocycles. The number of nitrogens with one attached hydrogen (secondary N) is 1. The molecule has 0 spiro atoms. The van der Waals surface area contributed by atoms with Gasteiger partial charge in [0.2, 0.25) is 0 Å². The SMILES string of the molecule is Cc1cc(Br)c(NC2CCCN(C)CC2)c(Br)c1. The Labute approximate surface area is 126 Å². The molecule has 1 fully saturated rings. The number of anilines is 1. The van der Waals surface area contributed by atoms with E-state index >= 15 is 0 Å². The molecule has 1 N–H and O–H groups in total. The molecule has 1 aliphatic heterocycles. The first-order valence-corrected chi connectivity index (χ1v) is 8.05. The van der Waals surface area contributed by atoms with Crippen LogP contribution in [0.15, 0.2) is 21.1 Å². The lowest BCUT2D eigenvalue weighted by Gasteiger charge is -2.20. The fourth-order valence-electron chi connectivity index (χ4n) is 2.43. The van der Waals surface area contributed by atoms with E-state index in [1.54, 1.807) is 0 Å². The molecule has 1 atom stereocenters. The largest absolute Gasteiger partial charge is 0.380 e. The van der Waals surface area contributed by atoms with E-state index in [0.29, 0.717) is 6.04 Å². The molecule has 1 aromatic rings. The van der Waals surface area contributed by atoms with Gasteiger partial charge < -0.3 is 10.2 Å². The molecule has 2 rings (SSSR count). The molecule has 0 saturated carbocycles. The van der Waals surface area contributed by atoms with E-state index in [0.717, 1.165) is 8.95 Å². The van der Waals surface area contributed by atoms with Crippen molar-refractivity contribution in [1.82, 2.24) is 4.90 Å². The van der Waals surface area contributed by atoms with Gasteiger partial charge in [0.1, 0.15) is 0 Å². The fraction of sp³-hybridized carbons (Fsp3) is 0.571. The summed E-state index contributed by atoms with van der Waals surface area (Å²) in [6, 6.07) is 4.90. The summed E-state index contributed by atoms with van der Waals surface area (Å²) in [6.45, 7) is 4.51. The Morgan fingerprint density at radius 3 is 2.50 bits per heavy atom. The lowest BCUT2D eigenvalue weighted by Crippen LogP contribution is -2.23. The third kappa shape index (κ3) is 3.72. The second kappa shape index (κ2) is 6.40. The summed E-state index contributed by atoms with van der Waals surface area (Å²) in [4.78, 5) is 2.42. The third-order valence-corrected chi connectivity index (χ3v) is 4.74. The highest BCUT2D eigenvalue weighted by Gasteiger charge is 2.16. The minimum absolute atomic E-state index is 0.574. The molecule has 0 amide bonds. The summed E-state index contributed by atoms with van der Waals surface area (Å²) in [6.07, 6.45) is 3.73. The summed E-state index contributed by atoms with van der Waals surface area (Å²) in [5.74, 6) is 0. The van der Waals surface area contributed by atoms with Crippen molar-refractivity contribution in [2.75, 3.05) is 25.5 Å². The molecule has 0 aliphatic carbocycles. The molecule has 0 radical (unpaired) electrons. The number of hydrogen-bond donors (Lipinski definition) is 1. The molecule has 1 saturated heterocycles. The van der Waals surface area contributed by atoms with Crippen LogP contribution in [0.5, 0.6) is 0 Å². The van der Waals surface area contributed by atoms with Crippen molar-refractivity contribution >= 4 is 37.5 Å². The topological polar surface area (TPSA) is 15.3 Å². The molecule has 0 bridgehead atoms. The molecule has 100 valence electrons. The minimum Gasteiger partial charge on any atom is -0.380 e. The Morgan fingerprint density at radius 2 is 1.83 bits per heavy atom. The summed E-state index contributed by atoms with van der Waals surface area (Å²) in [7, 11) is 2.21. The van der Waals surface area contributed by atoms with Gasteiger partial charge in [-0.15, -0.1) is 0 Å². The van der Waals surface area contributed by atoms with Crippen molar-refractivity contribution in [1.29, 1.82) is 0 Å². The van der Waals surface area contributed by atoms with Crippen LogP contribution in [0, 0.1) is 6.92 Å². The van der Waals surface area contributed by atoms with Crippen LogP contribution in [0.1, 0.15) is 24.8 Å². The van der Waals surface area contributed by atoms with E-state index in [1.807, 2.05) is 0 Å².